The Hall–Kier alpha value is -4.03. The molecule has 0 spiro atoms. The van der Waals surface area contributed by atoms with Gasteiger partial charge < -0.3 is 10.1 Å². The van der Waals surface area contributed by atoms with Crippen LogP contribution in [0.2, 0.25) is 0 Å². The number of amides is 1. The van der Waals surface area contributed by atoms with Crippen molar-refractivity contribution in [2.45, 2.75) is 27.3 Å². The molecule has 1 amide bonds. The van der Waals surface area contributed by atoms with E-state index >= 15 is 0 Å². The second-order valence-electron chi connectivity index (χ2n) is 7.17. The molecule has 8 nitrogen and oxygen atoms in total. The SMILES string of the molecule is CCOC(=O)c1sc(NC(=O)c2cc(-c3ccccc3)nc3c2cnn3CC)c(C#N)c1C. The van der Waals surface area contributed by atoms with E-state index < -0.39 is 11.9 Å². The molecule has 0 atom stereocenters. The molecule has 166 valence electrons. The molecular formula is C24H21N5O3S. The fraction of sp³-hybridized carbons (Fsp3) is 0.208. The van der Waals surface area contributed by atoms with Crippen molar-refractivity contribution in [3.05, 3.63) is 64.2 Å². The number of carbonyl (C=O) groups is 2. The number of anilines is 1. The predicted octanol–water partition coefficient (Wildman–Crippen LogP) is 4.79. The monoisotopic (exact) mass is 459 g/mol. The zero-order valence-corrected chi connectivity index (χ0v) is 19.2. The van der Waals surface area contributed by atoms with Gasteiger partial charge >= 0.3 is 5.97 Å². The summed E-state index contributed by atoms with van der Waals surface area (Å²) in [5.74, 6) is -0.928. The van der Waals surface area contributed by atoms with Gasteiger partial charge in [-0.15, -0.1) is 11.3 Å². The lowest BCUT2D eigenvalue weighted by Crippen LogP contribution is -2.13. The van der Waals surface area contributed by atoms with Gasteiger partial charge in [0.2, 0.25) is 0 Å². The first-order valence-corrected chi connectivity index (χ1v) is 11.2. The maximum absolute atomic E-state index is 13.4. The van der Waals surface area contributed by atoms with Gasteiger partial charge in [-0.2, -0.15) is 10.4 Å². The molecule has 0 saturated carbocycles. The minimum absolute atomic E-state index is 0.221. The summed E-state index contributed by atoms with van der Waals surface area (Å²) in [5.41, 5.74) is 3.21. The van der Waals surface area contributed by atoms with Crippen LogP contribution < -0.4 is 5.32 Å². The maximum Gasteiger partial charge on any atom is 0.348 e. The van der Waals surface area contributed by atoms with Crippen molar-refractivity contribution in [2.75, 3.05) is 11.9 Å². The summed E-state index contributed by atoms with van der Waals surface area (Å²) in [6.07, 6.45) is 1.62. The molecule has 0 aliphatic rings. The van der Waals surface area contributed by atoms with E-state index in [2.05, 4.69) is 16.5 Å². The third kappa shape index (κ3) is 4.08. The van der Waals surface area contributed by atoms with E-state index in [0.29, 0.717) is 44.3 Å². The van der Waals surface area contributed by atoms with Crippen LogP contribution in [0.25, 0.3) is 22.3 Å². The van der Waals surface area contributed by atoms with Crippen molar-refractivity contribution in [2.24, 2.45) is 0 Å². The average Bonchev–Trinajstić information content (AvgIpc) is 3.39. The van der Waals surface area contributed by atoms with E-state index in [-0.39, 0.29) is 12.2 Å². The Morgan fingerprint density at radius 2 is 2.00 bits per heavy atom. The summed E-state index contributed by atoms with van der Waals surface area (Å²) in [4.78, 5) is 30.7. The highest BCUT2D eigenvalue weighted by Gasteiger charge is 2.24. The number of rotatable bonds is 6. The molecule has 0 saturated heterocycles. The molecule has 1 aromatic carbocycles. The van der Waals surface area contributed by atoms with Crippen LogP contribution in [0.15, 0.2) is 42.6 Å². The summed E-state index contributed by atoms with van der Waals surface area (Å²) in [7, 11) is 0. The first-order valence-electron chi connectivity index (χ1n) is 10.4. The number of fused-ring (bicyclic) bond motifs is 1. The van der Waals surface area contributed by atoms with Gasteiger partial charge in [-0.25, -0.2) is 14.5 Å². The van der Waals surface area contributed by atoms with Crippen LogP contribution in [0.1, 0.15) is 45.0 Å². The second-order valence-corrected chi connectivity index (χ2v) is 8.19. The van der Waals surface area contributed by atoms with Crippen molar-refractivity contribution in [3.8, 4) is 17.3 Å². The number of carbonyl (C=O) groups excluding carboxylic acids is 2. The number of benzene rings is 1. The minimum atomic E-state index is -0.515. The zero-order valence-electron chi connectivity index (χ0n) is 18.4. The van der Waals surface area contributed by atoms with Gasteiger partial charge in [-0.1, -0.05) is 30.3 Å². The number of thiophene rings is 1. The van der Waals surface area contributed by atoms with E-state index in [4.69, 9.17) is 9.72 Å². The van der Waals surface area contributed by atoms with Crippen LogP contribution in [0.3, 0.4) is 0 Å². The first-order chi connectivity index (χ1) is 16.0. The van der Waals surface area contributed by atoms with Gasteiger partial charge in [0.15, 0.2) is 5.65 Å². The summed E-state index contributed by atoms with van der Waals surface area (Å²) in [6.45, 7) is 6.15. The molecule has 0 fully saturated rings. The van der Waals surface area contributed by atoms with E-state index in [0.717, 1.165) is 16.9 Å². The number of nitrogens with one attached hydrogen (secondary N) is 1. The maximum atomic E-state index is 13.4. The lowest BCUT2D eigenvalue weighted by molar-refractivity contribution is 0.0531. The van der Waals surface area contributed by atoms with Crippen LogP contribution in [-0.4, -0.2) is 33.2 Å². The Bertz CT molecular complexity index is 1400. The van der Waals surface area contributed by atoms with Gasteiger partial charge in [-0.05, 0) is 32.4 Å². The summed E-state index contributed by atoms with van der Waals surface area (Å²) < 4.78 is 6.81. The third-order valence-corrected chi connectivity index (χ3v) is 6.36. The van der Waals surface area contributed by atoms with Gasteiger partial charge in [0, 0.05) is 12.1 Å². The highest BCUT2D eigenvalue weighted by molar-refractivity contribution is 7.18. The smallest absolute Gasteiger partial charge is 0.348 e. The van der Waals surface area contributed by atoms with Crippen molar-refractivity contribution < 1.29 is 14.3 Å². The molecule has 4 aromatic rings. The molecule has 9 heteroatoms. The molecule has 0 aliphatic carbocycles. The number of hydrogen-bond acceptors (Lipinski definition) is 7. The Balaban J connectivity index is 1.79. The molecule has 1 N–H and O–H groups in total. The van der Waals surface area contributed by atoms with Crippen molar-refractivity contribution in [3.63, 3.8) is 0 Å². The number of esters is 1. The Kier molecular flexibility index (Phi) is 6.20. The summed E-state index contributed by atoms with van der Waals surface area (Å²) in [6, 6.07) is 13.4. The Labute approximate surface area is 194 Å². The van der Waals surface area contributed by atoms with Crippen LogP contribution in [-0.2, 0) is 11.3 Å². The quantitative estimate of drug-likeness (QED) is 0.415. The lowest BCUT2D eigenvalue weighted by Gasteiger charge is -2.09. The zero-order chi connectivity index (χ0) is 23.5. The van der Waals surface area contributed by atoms with Crippen LogP contribution >= 0.6 is 11.3 Å². The third-order valence-electron chi connectivity index (χ3n) is 5.17. The Morgan fingerprint density at radius 1 is 1.24 bits per heavy atom. The second kappa shape index (κ2) is 9.22. The minimum Gasteiger partial charge on any atom is -0.462 e. The number of aromatic nitrogens is 3. The van der Waals surface area contributed by atoms with Crippen LogP contribution in [0, 0.1) is 18.3 Å². The van der Waals surface area contributed by atoms with E-state index in [1.807, 2.05) is 37.3 Å². The van der Waals surface area contributed by atoms with Crippen molar-refractivity contribution >= 4 is 39.2 Å². The molecule has 3 heterocycles. The van der Waals surface area contributed by atoms with E-state index in [9.17, 15) is 14.9 Å². The van der Waals surface area contributed by atoms with E-state index in [1.54, 1.807) is 30.8 Å². The number of aryl methyl sites for hydroxylation is 1. The summed E-state index contributed by atoms with van der Waals surface area (Å²) >= 11 is 1.03. The van der Waals surface area contributed by atoms with Gasteiger partial charge in [0.25, 0.3) is 5.91 Å². The highest BCUT2D eigenvalue weighted by atomic mass is 32.1. The topological polar surface area (TPSA) is 110 Å². The van der Waals surface area contributed by atoms with Gasteiger partial charge in [0.05, 0.1) is 35.0 Å². The number of pyridine rings is 1. The molecule has 0 unspecified atom stereocenters. The number of hydrogen-bond donors (Lipinski definition) is 1. The molecule has 0 bridgehead atoms. The molecule has 0 radical (unpaired) electrons. The highest BCUT2D eigenvalue weighted by Crippen LogP contribution is 2.34. The molecule has 0 aliphatic heterocycles. The number of nitriles is 1. The van der Waals surface area contributed by atoms with Crippen molar-refractivity contribution in [1.82, 2.24) is 14.8 Å². The molecule has 33 heavy (non-hydrogen) atoms. The van der Waals surface area contributed by atoms with Gasteiger partial charge in [-0.3, -0.25) is 4.79 Å². The predicted molar refractivity (Wildman–Crippen MR) is 126 cm³/mol. The van der Waals surface area contributed by atoms with Gasteiger partial charge in [0.1, 0.15) is 15.9 Å². The Morgan fingerprint density at radius 3 is 2.67 bits per heavy atom. The number of ether oxygens (including phenoxy) is 1. The molecular weight excluding hydrogens is 438 g/mol. The first kappa shape index (κ1) is 22.2. The number of nitrogens with zero attached hydrogens (tertiary/aromatic N) is 4. The summed E-state index contributed by atoms with van der Waals surface area (Å²) in [5, 5.41) is 17.7. The standard InChI is InChI=1S/C24H21N5O3S/c1-4-29-21-18(13-26-29)16(11-19(27-21)15-9-7-6-8-10-15)22(30)28-23-17(12-25)14(3)20(33-23)24(31)32-5-2/h6-11,13H,4-5H2,1-3H3,(H,28,30). The lowest BCUT2D eigenvalue weighted by atomic mass is 10.1. The largest absolute Gasteiger partial charge is 0.462 e. The fourth-order valence-electron chi connectivity index (χ4n) is 3.52. The van der Waals surface area contributed by atoms with Crippen molar-refractivity contribution in [1.29, 1.82) is 5.26 Å². The van der Waals surface area contributed by atoms with Crippen LogP contribution in [0.4, 0.5) is 5.00 Å². The normalized spacial score (nSPS) is 10.7. The van der Waals surface area contributed by atoms with E-state index in [1.165, 1.54) is 0 Å². The average molecular weight is 460 g/mol. The molecule has 4 rings (SSSR count). The molecule has 3 aromatic heterocycles. The van der Waals surface area contributed by atoms with Crippen LogP contribution in [0.5, 0.6) is 0 Å². The fourth-order valence-corrected chi connectivity index (χ4v) is 4.57.